The molecule has 3 N–H and O–H groups in total. The number of thiophene rings is 1. The first-order chi connectivity index (χ1) is 13.2. The summed E-state index contributed by atoms with van der Waals surface area (Å²) in [5.41, 5.74) is 4.20. The molecule has 1 saturated heterocycles. The Labute approximate surface area is 162 Å². The number of halogens is 3. The first-order valence-electron chi connectivity index (χ1n) is 9.07. The number of aromatic nitrogens is 2. The van der Waals surface area contributed by atoms with Gasteiger partial charge in [-0.3, -0.25) is 13.9 Å². The van der Waals surface area contributed by atoms with Crippen LogP contribution in [-0.2, 0) is 24.4 Å². The molecule has 7 nitrogen and oxygen atoms in total. The van der Waals surface area contributed by atoms with E-state index in [4.69, 9.17) is 10.5 Å². The molecule has 11 heteroatoms. The van der Waals surface area contributed by atoms with Gasteiger partial charge in [-0.15, -0.1) is 11.3 Å². The maximum Gasteiger partial charge on any atom is 0.406 e. The van der Waals surface area contributed by atoms with Gasteiger partial charge in [0.1, 0.15) is 11.4 Å². The number of hydrogen-bond acceptors (Lipinski definition) is 6. The van der Waals surface area contributed by atoms with Crippen LogP contribution >= 0.6 is 11.3 Å². The average Bonchev–Trinajstić information content (AvgIpc) is 3.23. The number of rotatable bonds is 7. The lowest BCUT2D eigenvalue weighted by molar-refractivity contribution is -0.141. The fourth-order valence-corrected chi connectivity index (χ4v) is 4.65. The lowest BCUT2D eigenvalue weighted by Gasteiger charge is -2.16. The Balaban J connectivity index is 2.16. The lowest BCUT2D eigenvalue weighted by Crippen LogP contribution is -2.44. The Morgan fingerprint density at radius 3 is 2.68 bits per heavy atom. The minimum absolute atomic E-state index is 0.128. The maximum absolute atomic E-state index is 13.0. The molecule has 156 valence electrons. The van der Waals surface area contributed by atoms with Crippen LogP contribution in [-0.4, -0.2) is 41.1 Å². The van der Waals surface area contributed by atoms with Crippen LogP contribution in [0.25, 0.3) is 10.2 Å². The van der Waals surface area contributed by atoms with Crippen LogP contribution in [0.1, 0.15) is 23.3 Å². The van der Waals surface area contributed by atoms with E-state index in [0.29, 0.717) is 36.6 Å². The summed E-state index contributed by atoms with van der Waals surface area (Å²) >= 11 is 1.25. The van der Waals surface area contributed by atoms with E-state index in [2.05, 4.69) is 5.32 Å². The van der Waals surface area contributed by atoms with Gasteiger partial charge < -0.3 is 15.8 Å². The fraction of sp³-hybridized carbons (Fsp3) is 0.647. The van der Waals surface area contributed by atoms with E-state index >= 15 is 0 Å². The van der Waals surface area contributed by atoms with Crippen molar-refractivity contribution in [1.29, 1.82) is 0 Å². The van der Waals surface area contributed by atoms with Crippen molar-refractivity contribution in [1.82, 2.24) is 14.5 Å². The number of nitrogens with zero attached hydrogens (tertiary/aromatic N) is 2. The first-order valence-corrected chi connectivity index (χ1v) is 9.89. The smallest absolute Gasteiger partial charge is 0.376 e. The van der Waals surface area contributed by atoms with Crippen LogP contribution in [0, 0.1) is 6.92 Å². The highest BCUT2D eigenvalue weighted by Gasteiger charge is 2.32. The van der Waals surface area contributed by atoms with Gasteiger partial charge in [0.15, 0.2) is 0 Å². The maximum atomic E-state index is 13.0. The molecule has 1 fully saturated rings. The SMILES string of the molecule is Cc1c(CNCCN)sc2c1c(=O)n(CC(F)(F)F)c(=O)n2CC1CCCO1. The molecule has 1 atom stereocenters. The third-order valence-corrected chi connectivity index (χ3v) is 6.06. The second-order valence-electron chi connectivity index (χ2n) is 6.83. The van der Waals surface area contributed by atoms with Gasteiger partial charge in [-0.25, -0.2) is 4.79 Å². The quantitative estimate of drug-likeness (QED) is 0.660. The molecule has 0 aliphatic carbocycles. The fourth-order valence-electron chi connectivity index (χ4n) is 3.38. The van der Waals surface area contributed by atoms with Crippen molar-refractivity contribution in [2.45, 2.75) is 51.7 Å². The predicted molar refractivity (Wildman–Crippen MR) is 101 cm³/mol. The molecular formula is C17H23F3N4O3S. The van der Waals surface area contributed by atoms with Crippen molar-refractivity contribution in [3.05, 3.63) is 31.3 Å². The predicted octanol–water partition coefficient (Wildman–Crippen LogP) is 1.32. The number of nitrogens with one attached hydrogen (secondary N) is 1. The van der Waals surface area contributed by atoms with Crippen LogP contribution in [0.2, 0.25) is 0 Å². The average molecular weight is 420 g/mol. The number of aryl methyl sites for hydroxylation is 1. The molecule has 28 heavy (non-hydrogen) atoms. The van der Waals surface area contributed by atoms with E-state index in [-0.39, 0.29) is 22.6 Å². The van der Waals surface area contributed by atoms with E-state index in [9.17, 15) is 22.8 Å². The highest BCUT2D eigenvalue weighted by Crippen LogP contribution is 2.29. The van der Waals surface area contributed by atoms with Gasteiger partial charge in [0, 0.05) is 31.1 Å². The monoisotopic (exact) mass is 420 g/mol. The molecule has 1 aliphatic heterocycles. The minimum atomic E-state index is -4.67. The summed E-state index contributed by atoms with van der Waals surface area (Å²) in [6.45, 7) is 2.20. The van der Waals surface area contributed by atoms with Gasteiger partial charge in [0.25, 0.3) is 5.56 Å². The van der Waals surface area contributed by atoms with Crippen LogP contribution in [0.5, 0.6) is 0 Å². The number of fused-ring (bicyclic) bond motifs is 1. The van der Waals surface area contributed by atoms with Gasteiger partial charge in [-0.1, -0.05) is 0 Å². The molecule has 0 radical (unpaired) electrons. The van der Waals surface area contributed by atoms with Crippen molar-refractivity contribution in [3.8, 4) is 0 Å². The van der Waals surface area contributed by atoms with Crippen molar-refractivity contribution in [2.75, 3.05) is 19.7 Å². The Morgan fingerprint density at radius 2 is 2.07 bits per heavy atom. The van der Waals surface area contributed by atoms with Gasteiger partial charge in [0.2, 0.25) is 0 Å². The van der Waals surface area contributed by atoms with Gasteiger partial charge in [0.05, 0.1) is 18.0 Å². The second-order valence-corrected chi connectivity index (χ2v) is 7.91. The minimum Gasteiger partial charge on any atom is -0.376 e. The van der Waals surface area contributed by atoms with Crippen molar-refractivity contribution < 1.29 is 17.9 Å². The summed E-state index contributed by atoms with van der Waals surface area (Å²) in [5, 5.41) is 3.28. The lowest BCUT2D eigenvalue weighted by atomic mass is 10.2. The van der Waals surface area contributed by atoms with Crippen LogP contribution in [0.4, 0.5) is 13.2 Å². The molecule has 0 aromatic carbocycles. The molecule has 1 unspecified atom stereocenters. The van der Waals surface area contributed by atoms with Gasteiger partial charge in [-0.2, -0.15) is 13.2 Å². The number of ether oxygens (including phenoxy) is 1. The molecule has 0 spiro atoms. The second kappa shape index (κ2) is 8.36. The summed E-state index contributed by atoms with van der Waals surface area (Å²) in [6.07, 6.45) is -3.36. The zero-order valence-corrected chi connectivity index (χ0v) is 16.3. The highest BCUT2D eigenvalue weighted by atomic mass is 32.1. The molecular weight excluding hydrogens is 397 g/mol. The van der Waals surface area contributed by atoms with Crippen LogP contribution < -0.4 is 22.3 Å². The number of hydrogen-bond donors (Lipinski definition) is 2. The van der Waals surface area contributed by atoms with Gasteiger partial charge >= 0.3 is 11.9 Å². The molecule has 0 bridgehead atoms. The molecule has 1 aliphatic rings. The number of alkyl halides is 3. The topological polar surface area (TPSA) is 91.3 Å². The summed E-state index contributed by atoms with van der Waals surface area (Å²) in [5.74, 6) is 0. The van der Waals surface area contributed by atoms with Crippen molar-refractivity contribution >= 4 is 21.6 Å². The molecule has 3 heterocycles. The Kier molecular flexibility index (Phi) is 6.28. The Bertz CT molecular complexity index is 958. The van der Waals surface area contributed by atoms with Crippen LogP contribution in [0.15, 0.2) is 9.59 Å². The zero-order chi connectivity index (χ0) is 20.5. The van der Waals surface area contributed by atoms with Crippen molar-refractivity contribution in [2.24, 2.45) is 5.73 Å². The normalized spacial score (nSPS) is 17.7. The molecule has 2 aromatic heterocycles. The summed E-state index contributed by atoms with van der Waals surface area (Å²) in [6, 6.07) is 0. The van der Waals surface area contributed by atoms with Crippen LogP contribution in [0.3, 0.4) is 0 Å². The first kappa shape index (κ1) is 21.0. The summed E-state index contributed by atoms with van der Waals surface area (Å²) in [4.78, 5) is 26.8. The third-order valence-electron chi connectivity index (χ3n) is 4.75. The number of nitrogens with two attached hydrogens (primary N) is 1. The molecule has 0 saturated carbocycles. The highest BCUT2D eigenvalue weighted by molar-refractivity contribution is 7.18. The standard InChI is InChI=1S/C17H23F3N4O3S/c1-10-12(7-22-5-4-21)28-15-13(10)14(25)24(9-17(18,19)20)16(26)23(15)8-11-3-2-6-27-11/h11,22H,2-9,21H2,1H3. The Morgan fingerprint density at radius 1 is 1.32 bits per heavy atom. The molecule has 3 rings (SSSR count). The summed E-state index contributed by atoms with van der Waals surface area (Å²) in [7, 11) is 0. The van der Waals surface area contributed by atoms with Gasteiger partial charge in [-0.05, 0) is 25.3 Å². The zero-order valence-electron chi connectivity index (χ0n) is 15.5. The molecule has 0 amide bonds. The van der Waals surface area contributed by atoms with E-state index < -0.39 is 24.0 Å². The van der Waals surface area contributed by atoms with Crippen molar-refractivity contribution in [3.63, 3.8) is 0 Å². The van der Waals surface area contributed by atoms with E-state index in [0.717, 1.165) is 17.7 Å². The van der Waals surface area contributed by atoms with E-state index in [1.807, 2.05) is 0 Å². The third kappa shape index (κ3) is 4.32. The Hall–Kier alpha value is -1.69. The van der Waals surface area contributed by atoms with E-state index in [1.165, 1.54) is 15.9 Å². The summed E-state index contributed by atoms with van der Waals surface area (Å²) < 4.78 is 46.1. The molecule has 2 aromatic rings. The van der Waals surface area contributed by atoms with E-state index in [1.54, 1.807) is 6.92 Å². The largest absolute Gasteiger partial charge is 0.406 e.